The van der Waals surface area contributed by atoms with Crippen LogP contribution in [-0.4, -0.2) is 34.0 Å². The van der Waals surface area contributed by atoms with Gasteiger partial charge in [0.15, 0.2) is 0 Å². The number of hydrogen-bond acceptors (Lipinski definition) is 4. The van der Waals surface area contributed by atoms with E-state index in [1.807, 2.05) is 17.0 Å². The lowest BCUT2D eigenvalue weighted by molar-refractivity contribution is -0.127. The first-order valence-corrected chi connectivity index (χ1v) is 9.39. The van der Waals surface area contributed by atoms with Gasteiger partial charge in [0.25, 0.3) is 0 Å². The van der Waals surface area contributed by atoms with Gasteiger partial charge in [0.2, 0.25) is 17.6 Å². The summed E-state index contributed by atoms with van der Waals surface area (Å²) in [6, 6.07) is 15.7. The fourth-order valence-electron chi connectivity index (χ4n) is 3.29. The maximum absolute atomic E-state index is 12.4. The topological polar surface area (TPSA) is 59.2 Å². The molecule has 1 aliphatic heterocycles. The van der Waals surface area contributed by atoms with Gasteiger partial charge in [-0.05, 0) is 43.2 Å². The van der Waals surface area contributed by atoms with Crippen LogP contribution in [0.15, 0.2) is 53.1 Å². The third kappa shape index (κ3) is 4.03. The molecular weight excluding hydrogens is 362 g/mol. The molecule has 0 saturated carbocycles. The number of hydrogen-bond donors (Lipinski definition) is 0. The van der Waals surface area contributed by atoms with Crippen LogP contribution >= 0.6 is 11.6 Å². The van der Waals surface area contributed by atoms with E-state index in [0.29, 0.717) is 36.2 Å². The summed E-state index contributed by atoms with van der Waals surface area (Å²) in [7, 11) is 0. The van der Waals surface area contributed by atoms with E-state index in [9.17, 15) is 4.79 Å². The van der Waals surface area contributed by atoms with Gasteiger partial charge in [-0.25, -0.2) is 0 Å². The molecule has 5 nitrogen and oxygen atoms in total. The van der Waals surface area contributed by atoms with Crippen molar-refractivity contribution in [2.24, 2.45) is 0 Å². The maximum atomic E-state index is 12.4. The molecule has 1 fully saturated rings. The van der Waals surface area contributed by atoms with Crippen molar-refractivity contribution in [2.45, 2.75) is 25.7 Å². The molecule has 0 N–H and O–H groups in total. The Morgan fingerprint density at radius 2 is 1.89 bits per heavy atom. The summed E-state index contributed by atoms with van der Waals surface area (Å²) in [4.78, 5) is 18.7. The van der Waals surface area contributed by atoms with Gasteiger partial charge in [0.05, 0.1) is 5.92 Å². The average molecular weight is 382 g/mol. The fourth-order valence-corrected chi connectivity index (χ4v) is 3.42. The minimum absolute atomic E-state index is 0.0518. The van der Waals surface area contributed by atoms with Crippen LogP contribution in [0.5, 0.6) is 0 Å². The molecule has 0 aliphatic carbocycles. The van der Waals surface area contributed by atoms with Crippen LogP contribution in [0.2, 0.25) is 5.02 Å². The standard InChI is InChI=1S/C21H20ClN3O2/c1-14-2-4-15(5-3-14)10-11-25-13-17(12-19(25)26)21-23-20(24-27-21)16-6-8-18(22)9-7-16/h2-9,17H,10-13H2,1H3. The lowest BCUT2D eigenvalue weighted by Crippen LogP contribution is -2.27. The molecule has 0 radical (unpaired) electrons. The van der Waals surface area contributed by atoms with Crippen molar-refractivity contribution >= 4 is 17.5 Å². The van der Waals surface area contributed by atoms with Crippen molar-refractivity contribution in [1.29, 1.82) is 0 Å². The molecule has 27 heavy (non-hydrogen) atoms. The molecule has 0 spiro atoms. The van der Waals surface area contributed by atoms with Crippen molar-refractivity contribution in [2.75, 3.05) is 13.1 Å². The van der Waals surface area contributed by atoms with Crippen molar-refractivity contribution in [3.63, 3.8) is 0 Å². The summed E-state index contributed by atoms with van der Waals surface area (Å²) in [5.41, 5.74) is 3.32. The molecule has 1 aliphatic rings. The van der Waals surface area contributed by atoms with Crippen molar-refractivity contribution < 1.29 is 9.32 Å². The number of likely N-dealkylation sites (tertiary alicyclic amines) is 1. The summed E-state index contributed by atoms with van der Waals surface area (Å²) in [6.07, 6.45) is 1.26. The van der Waals surface area contributed by atoms with Crippen molar-refractivity contribution in [1.82, 2.24) is 15.0 Å². The normalized spacial score (nSPS) is 16.9. The molecular formula is C21H20ClN3O2. The smallest absolute Gasteiger partial charge is 0.232 e. The Labute approximate surface area is 163 Å². The highest BCUT2D eigenvalue weighted by atomic mass is 35.5. The van der Waals surface area contributed by atoms with E-state index in [-0.39, 0.29) is 11.8 Å². The molecule has 3 aromatic rings. The highest BCUT2D eigenvalue weighted by molar-refractivity contribution is 6.30. The number of amides is 1. The molecule has 4 rings (SSSR count). The summed E-state index contributed by atoms with van der Waals surface area (Å²) in [5.74, 6) is 1.13. The van der Waals surface area contributed by atoms with Crippen molar-refractivity contribution in [3.8, 4) is 11.4 Å². The molecule has 6 heteroatoms. The van der Waals surface area contributed by atoms with Crippen LogP contribution in [0.25, 0.3) is 11.4 Å². The number of aryl methyl sites for hydroxylation is 1. The largest absolute Gasteiger partial charge is 0.342 e. The zero-order valence-corrected chi connectivity index (χ0v) is 15.8. The van der Waals surface area contributed by atoms with E-state index in [4.69, 9.17) is 16.1 Å². The Hall–Kier alpha value is -2.66. The molecule has 2 aromatic carbocycles. The lowest BCUT2D eigenvalue weighted by Gasteiger charge is -2.15. The highest BCUT2D eigenvalue weighted by Crippen LogP contribution is 2.29. The van der Waals surface area contributed by atoms with Crippen LogP contribution < -0.4 is 0 Å². The fraction of sp³-hybridized carbons (Fsp3) is 0.286. The first-order chi connectivity index (χ1) is 13.1. The number of aromatic nitrogens is 2. The molecule has 1 atom stereocenters. The number of carbonyl (C=O) groups is 1. The van der Waals surface area contributed by atoms with Gasteiger partial charge in [-0.2, -0.15) is 4.98 Å². The predicted molar refractivity (Wildman–Crippen MR) is 104 cm³/mol. The number of rotatable bonds is 5. The van der Waals surface area contributed by atoms with Gasteiger partial charge in [0, 0.05) is 30.1 Å². The molecule has 1 aromatic heterocycles. The van der Waals surface area contributed by atoms with Gasteiger partial charge in [-0.15, -0.1) is 0 Å². The van der Waals surface area contributed by atoms with Gasteiger partial charge in [0.1, 0.15) is 0 Å². The van der Waals surface area contributed by atoms with E-state index in [1.54, 1.807) is 12.1 Å². The van der Waals surface area contributed by atoms with E-state index in [1.165, 1.54) is 11.1 Å². The summed E-state index contributed by atoms with van der Waals surface area (Å²) >= 11 is 5.91. The lowest BCUT2D eigenvalue weighted by atomic mass is 10.1. The second-order valence-electron chi connectivity index (χ2n) is 6.94. The number of halogens is 1. The Morgan fingerprint density at radius 1 is 1.15 bits per heavy atom. The molecule has 0 bridgehead atoms. The molecule has 1 unspecified atom stereocenters. The monoisotopic (exact) mass is 381 g/mol. The molecule has 1 saturated heterocycles. The third-order valence-electron chi connectivity index (χ3n) is 4.90. The van der Waals surface area contributed by atoms with Crippen LogP contribution in [0.1, 0.15) is 29.4 Å². The van der Waals surface area contributed by atoms with Crippen LogP contribution in [0.4, 0.5) is 0 Å². The second-order valence-corrected chi connectivity index (χ2v) is 7.38. The van der Waals surface area contributed by atoms with E-state index < -0.39 is 0 Å². The van der Waals surface area contributed by atoms with Crippen molar-refractivity contribution in [3.05, 3.63) is 70.6 Å². The third-order valence-corrected chi connectivity index (χ3v) is 5.15. The Bertz CT molecular complexity index is 935. The van der Waals surface area contributed by atoms with Crippen LogP contribution in [0.3, 0.4) is 0 Å². The van der Waals surface area contributed by atoms with Crippen LogP contribution in [-0.2, 0) is 11.2 Å². The number of benzene rings is 2. The molecule has 138 valence electrons. The van der Waals surface area contributed by atoms with Gasteiger partial charge >= 0.3 is 0 Å². The van der Waals surface area contributed by atoms with Gasteiger partial charge in [-0.3, -0.25) is 4.79 Å². The quantitative estimate of drug-likeness (QED) is 0.662. The summed E-state index contributed by atoms with van der Waals surface area (Å²) in [5, 5.41) is 4.71. The summed E-state index contributed by atoms with van der Waals surface area (Å²) in [6.45, 7) is 3.39. The average Bonchev–Trinajstić information content (AvgIpc) is 3.29. The van der Waals surface area contributed by atoms with E-state index >= 15 is 0 Å². The van der Waals surface area contributed by atoms with Crippen LogP contribution in [0, 0.1) is 6.92 Å². The van der Waals surface area contributed by atoms with E-state index in [0.717, 1.165) is 12.0 Å². The Kier molecular flexibility index (Phi) is 4.94. The molecule has 2 heterocycles. The second kappa shape index (κ2) is 7.53. The predicted octanol–water partition coefficient (Wildman–Crippen LogP) is 4.26. The zero-order valence-electron chi connectivity index (χ0n) is 15.1. The Morgan fingerprint density at radius 3 is 2.63 bits per heavy atom. The minimum atomic E-state index is -0.0518. The molecule has 1 amide bonds. The summed E-state index contributed by atoms with van der Waals surface area (Å²) < 4.78 is 5.43. The highest BCUT2D eigenvalue weighted by Gasteiger charge is 2.34. The first-order valence-electron chi connectivity index (χ1n) is 9.01. The first kappa shape index (κ1) is 17.7. The zero-order chi connectivity index (χ0) is 18.8. The number of nitrogens with zero attached hydrogens (tertiary/aromatic N) is 3. The maximum Gasteiger partial charge on any atom is 0.232 e. The van der Waals surface area contributed by atoms with E-state index in [2.05, 4.69) is 41.3 Å². The van der Waals surface area contributed by atoms with Gasteiger partial charge in [-0.1, -0.05) is 46.6 Å². The minimum Gasteiger partial charge on any atom is -0.342 e. The number of carbonyl (C=O) groups excluding carboxylic acids is 1. The SMILES string of the molecule is Cc1ccc(CCN2CC(c3nc(-c4ccc(Cl)cc4)no3)CC2=O)cc1. The Balaban J connectivity index is 1.40. The van der Waals surface area contributed by atoms with Gasteiger partial charge < -0.3 is 9.42 Å².